The Labute approximate surface area is 106 Å². The van der Waals surface area contributed by atoms with E-state index in [1.165, 1.54) is 5.56 Å². The van der Waals surface area contributed by atoms with Crippen LogP contribution in [0.5, 0.6) is 0 Å². The highest BCUT2D eigenvalue weighted by molar-refractivity contribution is 5.60. The van der Waals surface area contributed by atoms with Crippen LogP contribution in [0.1, 0.15) is 23.5 Å². The van der Waals surface area contributed by atoms with E-state index in [9.17, 15) is 0 Å². The lowest BCUT2D eigenvalue weighted by molar-refractivity contribution is 0.981. The molecule has 1 saturated carbocycles. The third kappa shape index (κ3) is 1.99. The maximum Gasteiger partial charge on any atom is 0.0991 e. The fourth-order valence-electron chi connectivity index (χ4n) is 2.11. The van der Waals surface area contributed by atoms with Crippen molar-refractivity contribution in [1.29, 1.82) is 5.26 Å². The molecule has 0 bridgehead atoms. The summed E-state index contributed by atoms with van der Waals surface area (Å²) in [7, 11) is 0. The number of benzene rings is 1. The number of aromatic nitrogens is 1. The number of rotatable bonds is 2. The van der Waals surface area contributed by atoms with Crippen LogP contribution in [0.2, 0.25) is 0 Å². The van der Waals surface area contributed by atoms with Crippen molar-refractivity contribution in [2.24, 2.45) is 5.73 Å². The summed E-state index contributed by atoms with van der Waals surface area (Å²) >= 11 is 0. The van der Waals surface area contributed by atoms with Crippen LogP contribution in [0.3, 0.4) is 0 Å². The zero-order valence-electron chi connectivity index (χ0n) is 9.88. The van der Waals surface area contributed by atoms with Gasteiger partial charge in [0.05, 0.1) is 17.3 Å². The van der Waals surface area contributed by atoms with E-state index in [1.807, 2.05) is 36.5 Å². The fourth-order valence-corrected chi connectivity index (χ4v) is 2.11. The van der Waals surface area contributed by atoms with Gasteiger partial charge in [0.2, 0.25) is 0 Å². The van der Waals surface area contributed by atoms with Gasteiger partial charge in [0, 0.05) is 23.7 Å². The fraction of sp³-hybridized carbons (Fsp3) is 0.200. The molecule has 2 N–H and O–H groups in total. The summed E-state index contributed by atoms with van der Waals surface area (Å²) in [4.78, 5) is 4.46. The average Bonchev–Trinajstić information content (AvgIpc) is 3.16. The van der Waals surface area contributed by atoms with E-state index in [0.29, 0.717) is 17.5 Å². The molecule has 1 aromatic heterocycles. The van der Waals surface area contributed by atoms with E-state index in [4.69, 9.17) is 11.0 Å². The van der Waals surface area contributed by atoms with Crippen LogP contribution in [0.25, 0.3) is 11.3 Å². The number of hydrogen-bond acceptors (Lipinski definition) is 3. The molecule has 3 rings (SSSR count). The highest BCUT2D eigenvalue weighted by Gasteiger charge is 2.34. The van der Waals surface area contributed by atoms with Crippen LogP contribution in [0.15, 0.2) is 42.6 Å². The Morgan fingerprint density at radius 2 is 1.89 bits per heavy atom. The van der Waals surface area contributed by atoms with E-state index in [-0.39, 0.29) is 0 Å². The lowest BCUT2D eigenvalue weighted by Crippen LogP contribution is -2.01. The normalized spacial score (nSPS) is 21.3. The van der Waals surface area contributed by atoms with Gasteiger partial charge in [-0.05, 0) is 30.2 Å². The minimum atomic E-state index is 0.313. The molecular weight excluding hydrogens is 222 g/mol. The number of nitrogens with two attached hydrogens (primary N) is 1. The molecule has 1 aliphatic rings. The molecule has 3 nitrogen and oxygen atoms in total. The molecule has 88 valence electrons. The summed E-state index contributed by atoms with van der Waals surface area (Å²) in [6.45, 7) is 0. The van der Waals surface area contributed by atoms with Gasteiger partial charge in [-0.3, -0.25) is 4.98 Å². The largest absolute Gasteiger partial charge is 0.327 e. The van der Waals surface area contributed by atoms with Crippen molar-refractivity contribution in [2.75, 3.05) is 0 Å². The van der Waals surface area contributed by atoms with Crippen LogP contribution >= 0.6 is 0 Å². The molecule has 1 aliphatic carbocycles. The van der Waals surface area contributed by atoms with Gasteiger partial charge in [-0.1, -0.05) is 18.2 Å². The van der Waals surface area contributed by atoms with Gasteiger partial charge in [0.15, 0.2) is 0 Å². The Bertz CT molecular complexity index is 593. The lowest BCUT2D eigenvalue weighted by atomic mass is 10.1. The van der Waals surface area contributed by atoms with Crippen molar-refractivity contribution in [1.82, 2.24) is 4.98 Å². The lowest BCUT2D eigenvalue weighted by Gasteiger charge is -2.03. The third-order valence-electron chi connectivity index (χ3n) is 3.36. The first kappa shape index (κ1) is 10.9. The molecular formula is C15H13N3. The molecule has 0 aliphatic heterocycles. The first-order valence-electron chi connectivity index (χ1n) is 6.00. The SMILES string of the molecule is N#Cc1ccc(-c2ccc([C@H]3C[C@@H]3N)cn2)cc1. The Morgan fingerprint density at radius 1 is 1.17 bits per heavy atom. The van der Waals surface area contributed by atoms with Gasteiger partial charge >= 0.3 is 0 Å². The smallest absolute Gasteiger partial charge is 0.0991 e. The summed E-state index contributed by atoms with van der Waals surface area (Å²) in [6.07, 6.45) is 2.98. The van der Waals surface area contributed by atoms with Gasteiger partial charge in [-0.25, -0.2) is 0 Å². The first-order valence-corrected chi connectivity index (χ1v) is 6.00. The molecule has 3 heteroatoms. The van der Waals surface area contributed by atoms with Crippen LogP contribution in [0.4, 0.5) is 0 Å². The maximum atomic E-state index is 8.75. The van der Waals surface area contributed by atoms with Crippen molar-refractivity contribution in [3.8, 4) is 17.3 Å². The molecule has 0 spiro atoms. The topological polar surface area (TPSA) is 62.7 Å². The molecule has 0 radical (unpaired) electrons. The van der Waals surface area contributed by atoms with Gasteiger partial charge in [-0.2, -0.15) is 5.26 Å². The summed E-state index contributed by atoms with van der Waals surface area (Å²) in [5.74, 6) is 0.493. The minimum absolute atomic E-state index is 0.313. The number of nitrogens with zero attached hydrogens (tertiary/aromatic N) is 2. The Morgan fingerprint density at radius 3 is 2.39 bits per heavy atom. The van der Waals surface area contributed by atoms with E-state index in [1.54, 1.807) is 0 Å². The van der Waals surface area contributed by atoms with Crippen LogP contribution in [-0.4, -0.2) is 11.0 Å². The predicted octanol–water partition coefficient (Wildman–Crippen LogP) is 2.43. The van der Waals surface area contributed by atoms with Crippen molar-refractivity contribution in [2.45, 2.75) is 18.4 Å². The van der Waals surface area contributed by atoms with Gasteiger partial charge in [0.25, 0.3) is 0 Å². The maximum absolute atomic E-state index is 8.75. The summed E-state index contributed by atoms with van der Waals surface area (Å²) in [5, 5.41) is 8.75. The zero-order valence-corrected chi connectivity index (χ0v) is 9.88. The van der Waals surface area contributed by atoms with Crippen LogP contribution in [-0.2, 0) is 0 Å². The van der Waals surface area contributed by atoms with Crippen LogP contribution in [0, 0.1) is 11.3 Å². The predicted molar refractivity (Wildman–Crippen MR) is 69.7 cm³/mol. The van der Waals surface area contributed by atoms with E-state index in [2.05, 4.69) is 17.1 Å². The van der Waals surface area contributed by atoms with Crippen molar-refractivity contribution >= 4 is 0 Å². The molecule has 1 fully saturated rings. The quantitative estimate of drug-likeness (QED) is 0.869. The van der Waals surface area contributed by atoms with Gasteiger partial charge in [0.1, 0.15) is 0 Å². The minimum Gasteiger partial charge on any atom is -0.327 e. The van der Waals surface area contributed by atoms with E-state index < -0.39 is 0 Å². The zero-order chi connectivity index (χ0) is 12.5. The molecule has 0 unspecified atom stereocenters. The Balaban J connectivity index is 1.85. The summed E-state index contributed by atoms with van der Waals surface area (Å²) in [6, 6.07) is 14.0. The van der Waals surface area contributed by atoms with Crippen molar-refractivity contribution < 1.29 is 0 Å². The third-order valence-corrected chi connectivity index (χ3v) is 3.36. The van der Waals surface area contributed by atoms with Gasteiger partial charge < -0.3 is 5.73 Å². The molecule has 2 aromatic rings. The highest BCUT2D eigenvalue weighted by atomic mass is 14.8. The second-order valence-corrected chi connectivity index (χ2v) is 4.67. The summed E-state index contributed by atoms with van der Waals surface area (Å²) in [5.41, 5.74) is 9.67. The molecule has 18 heavy (non-hydrogen) atoms. The Kier molecular flexibility index (Phi) is 2.58. The first-order chi connectivity index (χ1) is 8.78. The van der Waals surface area contributed by atoms with Crippen LogP contribution < -0.4 is 5.73 Å². The monoisotopic (exact) mass is 235 g/mol. The van der Waals surface area contributed by atoms with Crippen molar-refractivity contribution in [3.63, 3.8) is 0 Å². The number of pyridine rings is 1. The molecule has 1 heterocycles. The summed E-state index contributed by atoms with van der Waals surface area (Å²) < 4.78 is 0. The molecule has 2 atom stereocenters. The van der Waals surface area contributed by atoms with Crippen molar-refractivity contribution in [3.05, 3.63) is 53.7 Å². The molecule has 1 aromatic carbocycles. The second kappa shape index (κ2) is 4.25. The van der Waals surface area contributed by atoms with E-state index >= 15 is 0 Å². The Hall–Kier alpha value is -2.18. The average molecular weight is 235 g/mol. The number of nitriles is 1. The molecule has 0 amide bonds. The molecule has 0 saturated heterocycles. The highest BCUT2D eigenvalue weighted by Crippen LogP contribution is 2.38. The van der Waals surface area contributed by atoms with E-state index in [0.717, 1.165) is 17.7 Å². The standard InChI is InChI=1S/C15H13N3/c16-8-10-1-3-11(4-2-10)15-6-5-12(9-18-15)13-7-14(13)17/h1-6,9,13-14H,7,17H2/t13-,14+/m1/s1. The number of hydrogen-bond donors (Lipinski definition) is 1. The van der Waals surface area contributed by atoms with Gasteiger partial charge in [-0.15, -0.1) is 0 Å². The second-order valence-electron chi connectivity index (χ2n) is 4.67.